The Labute approximate surface area is 205 Å². The van der Waals surface area contributed by atoms with Gasteiger partial charge in [-0.25, -0.2) is 0 Å². The molecule has 2 aromatic rings. The molecule has 2 aliphatic carbocycles. The highest BCUT2D eigenvalue weighted by atomic mass is 32.2. The first-order valence-electron chi connectivity index (χ1n) is 13.5. The summed E-state index contributed by atoms with van der Waals surface area (Å²) in [5.41, 5.74) is 2.27. The number of rotatable bonds is 4. The van der Waals surface area contributed by atoms with Crippen LogP contribution in [0.1, 0.15) is 126 Å². The summed E-state index contributed by atoms with van der Waals surface area (Å²) in [5.74, 6) is 1.86. The van der Waals surface area contributed by atoms with Gasteiger partial charge in [-0.05, 0) is 85.0 Å². The fraction of sp³-hybridized carbons (Fsp3) is 0.600. The number of phenolic OH excluding ortho intramolecular Hbond substituents is 2. The van der Waals surface area contributed by atoms with Crippen LogP contribution in [0.15, 0.2) is 46.2 Å². The third kappa shape index (κ3) is 7.18. The van der Waals surface area contributed by atoms with Crippen molar-refractivity contribution in [2.24, 2.45) is 0 Å². The molecule has 0 saturated heterocycles. The minimum atomic E-state index is 0.459. The summed E-state index contributed by atoms with van der Waals surface area (Å²) in [6, 6.07) is 12.3. The smallest absolute Gasteiger partial charge is 0.119 e. The Balaban J connectivity index is 1.51. The quantitative estimate of drug-likeness (QED) is 0.471. The van der Waals surface area contributed by atoms with E-state index in [4.69, 9.17) is 0 Å². The van der Waals surface area contributed by atoms with Crippen LogP contribution >= 0.6 is 11.8 Å². The maximum absolute atomic E-state index is 10.7. The number of benzene rings is 2. The zero-order valence-corrected chi connectivity index (χ0v) is 21.1. The second-order valence-electron chi connectivity index (χ2n) is 10.3. The number of phenols is 2. The molecule has 0 amide bonds. The van der Waals surface area contributed by atoms with Crippen molar-refractivity contribution >= 4 is 11.8 Å². The highest BCUT2D eigenvalue weighted by Crippen LogP contribution is 2.41. The Morgan fingerprint density at radius 3 is 1.18 bits per heavy atom. The van der Waals surface area contributed by atoms with Gasteiger partial charge in [-0.3, -0.25) is 0 Å². The van der Waals surface area contributed by atoms with E-state index in [1.54, 1.807) is 11.8 Å². The molecule has 0 atom stereocenters. The van der Waals surface area contributed by atoms with E-state index in [-0.39, 0.29) is 0 Å². The van der Waals surface area contributed by atoms with E-state index in [0.717, 1.165) is 11.1 Å². The van der Waals surface area contributed by atoms with Crippen LogP contribution in [0, 0.1) is 0 Å². The standard InChI is InChI=1S/C30H42O2S/c31-29-19-17-25(21-27(29)23-13-9-5-1-2-6-10-14-23)33-26-18-20-30(32)28(22-26)24-15-11-7-3-4-8-12-16-24/h17-24,31-32H,1-16H2. The number of hydrogen-bond donors (Lipinski definition) is 2. The van der Waals surface area contributed by atoms with Crippen LogP contribution in [-0.2, 0) is 0 Å². The first-order valence-corrected chi connectivity index (χ1v) is 14.4. The summed E-state index contributed by atoms with van der Waals surface area (Å²) in [6.07, 6.45) is 20.6. The number of hydrogen-bond acceptors (Lipinski definition) is 3. The maximum atomic E-state index is 10.7. The van der Waals surface area contributed by atoms with Crippen LogP contribution in [0.5, 0.6) is 11.5 Å². The highest BCUT2D eigenvalue weighted by molar-refractivity contribution is 7.99. The Morgan fingerprint density at radius 2 is 0.818 bits per heavy atom. The van der Waals surface area contributed by atoms with Gasteiger partial charge in [0.2, 0.25) is 0 Å². The Bertz CT molecular complexity index is 786. The fourth-order valence-electron chi connectivity index (χ4n) is 5.87. The molecule has 0 heterocycles. The van der Waals surface area contributed by atoms with Gasteiger partial charge in [-0.15, -0.1) is 0 Å². The summed E-state index contributed by atoms with van der Waals surface area (Å²) in [5, 5.41) is 21.3. The molecule has 0 bridgehead atoms. The summed E-state index contributed by atoms with van der Waals surface area (Å²) in [7, 11) is 0. The van der Waals surface area contributed by atoms with Crippen LogP contribution < -0.4 is 0 Å². The molecule has 2 N–H and O–H groups in total. The van der Waals surface area contributed by atoms with Crippen LogP contribution in [0.25, 0.3) is 0 Å². The van der Waals surface area contributed by atoms with E-state index in [2.05, 4.69) is 12.1 Å². The molecule has 2 nitrogen and oxygen atoms in total. The first kappa shape index (κ1) is 24.5. The van der Waals surface area contributed by atoms with Crippen molar-refractivity contribution < 1.29 is 10.2 Å². The molecule has 0 aromatic heterocycles. The fourth-order valence-corrected chi connectivity index (χ4v) is 6.79. The third-order valence-corrected chi connectivity index (χ3v) is 8.80. The van der Waals surface area contributed by atoms with Crippen LogP contribution in [0.2, 0.25) is 0 Å². The van der Waals surface area contributed by atoms with Gasteiger partial charge < -0.3 is 10.2 Å². The molecule has 2 fully saturated rings. The number of aromatic hydroxyl groups is 2. The first-order chi connectivity index (χ1) is 16.2. The SMILES string of the molecule is Oc1ccc(Sc2ccc(O)c(C3CCCCCCCC3)c2)cc1C1CCCCCCCC1. The molecule has 4 rings (SSSR count). The van der Waals surface area contributed by atoms with Crippen LogP contribution in [0.3, 0.4) is 0 Å². The minimum absolute atomic E-state index is 0.459. The normalized spacial score (nSPS) is 20.1. The zero-order valence-electron chi connectivity index (χ0n) is 20.2. The van der Waals surface area contributed by atoms with E-state index < -0.39 is 0 Å². The predicted molar refractivity (Wildman–Crippen MR) is 140 cm³/mol. The van der Waals surface area contributed by atoms with Crippen molar-refractivity contribution in [2.45, 2.75) is 124 Å². The van der Waals surface area contributed by atoms with E-state index in [0.29, 0.717) is 23.3 Å². The van der Waals surface area contributed by atoms with Gasteiger partial charge in [0, 0.05) is 9.79 Å². The zero-order chi connectivity index (χ0) is 22.9. The second-order valence-corrected chi connectivity index (χ2v) is 11.5. The van der Waals surface area contributed by atoms with Crippen molar-refractivity contribution in [3.05, 3.63) is 47.5 Å². The van der Waals surface area contributed by atoms with Gasteiger partial charge in [0.15, 0.2) is 0 Å². The van der Waals surface area contributed by atoms with Crippen LogP contribution in [0.4, 0.5) is 0 Å². The lowest BCUT2D eigenvalue weighted by Crippen LogP contribution is -2.00. The third-order valence-electron chi connectivity index (χ3n) is 7.82. The second kappa shape index (κ2) is 12.7. The predicted octanol–water partition coefficient (Wildman–Crippen LogP) is 9.68. The monoisotopic (exact) mass is 466 g/mol. The average Bonchev–Trinajstić information content (AvgIpc) is 3.05. The Kier molecular flexibility index (Phi) is 9.46. The average molecular weight is 467 g/mol. The lowest BCUT2D eigenvalue weighted by atomic mass is 9.89. The van der Waals surface area contributed by atoms with Crippen molar-refractivity contribution in [3.8, 4) is 11.5 Å². The lowest BCUT2D eigenvalue weighted by molar-refractivity contribution is 0.446. The van der Waals surface area contributed by atoms with Crippen molar-refractivity contribution in [1.82, 2.24) is 0 Å². The summed E-state index contributed by atoms with van der Waals surface area (Å²) >= 11 is 1.77. The van der Waals surface area contributed by atoms with Crippen molar-refractivity contribution in [1.29, 1.82) is 0 Å². The molecule has 0 unspecified atom stereocenters. The van der Waals surface area contributed by atoms with Gasteiger partial charge in [0.25, 0.3) is 0 Å². The van der Waals surface area contributed by atoms with Crippen LogP contribution in [-0.4, -0.2) is 10.2 Å². The van der Waals surface area contributed by atoms with Gasteiger partial charge in [-0.1, -0.05) is 88.8 Å². The van der Waals surface area contributed by atoms with E-state index in [1.165, 1.54) is 113 Å². The maximum Gasteiger partial charge on any atom is 0.119 e. The summed E-state index contributed by atoms with van der Waals surface area (Å²) in [4.78, 5) is 2.38. The summed E-state index contributed by atoms with van der Waals surface area (Å²) < 4.78 is 0. The van der Waals surface area contributed by atoms with Gasteiger partial charge in [0.1, 0.15) is 11.5 Å². The largest absolute Gasteiger partial charge is 0.508 e. The molecule has 2 saturated carbocycles. The molecule has 2 aliphatic rings. The minimum Gasteiger partial charge on any atom is -0.508 e. The molecule has 33 heavy (non-hydrogen) atoms. The summed E-state index contributed by atoms with van der Waals surface area (Å²) in [6.45, 7) is 0. The molecule has 0 aliphatic heterocycles. The van der Waals surface area contributed by atoms with Crippen molar-refractivity contribution in [2.75, 3.05) is 0 Å². The molecular formula is C30H42O2S. The molecular weight excluding hydrogens is 424 g/mol. The van der Waals surface area contributed by atoms with Crippen molar-refractivity contribution in [3.63, 3.8) is 0 Å². The Morgan fingerprint density at radius 1 is 0.485 bits per heavy atom. The Hall–Kier alpha value is -1.61. The van der Waals surface area contributed by atoms with Gasteiger partial charge >= 0.3 is 0 Å². The van der Waals surface area contributed by atoms with Gasteiger partial charge in [0.05, 0.1) is 0 Å². The molecule has 0 spiro atoms. The molecule has 2 aromatic carbocycles. The van der Waals surface area contributed by atoms with E-state index >= 15 is 0 Å². The molecule has 180 valence electrons. The topological polar surface area (TPSA) is 40.5 Å². The molecule has 3 heteroatoms. The highest BCUT2D eigenvalue weighted by Gasteiger charge is 2.19. The van der Waals surface area contributed by atoms with Gasteiger partial charge in [-0.2, -0.15) is 0 Å². The van der Waals surface area contributed by atoms with E-state index in [1.807, 2.05) is 24.3 Å². The van der Waals surface area contributed by atoms with E-state index in [9.17, 15) is 10.2 Å². The molecule has 0 radical (unpaired) electrons. The lowest BCUT2D eigenvalue weighted by Gasteiger charge is -2.20.